The summed E-state index contributed by atoms with van der Waals surface area (Å²) in [5.41, 5.74) is 7.64. The number of hydrogen-bond acceptors (Lipinski definition) is 2. The smallest absolute Gasteiger partial charge is 0.404 e. The number of nitrogens with one attached hydrogen (secondary N) is 1. The van der Waals surface area contributed by atoms with Gasteiger partial charge in [0.05, 0.1) is 6.61 Å². The predicted octanol–water partition coefficient (Wildman–Crippen LogP) is 2.25. The molecule has 1 heterocycles. The molecule has 0 aliphatic rings. The van der Waals surface area contributed by atoms with E-state index in [1.165, 1.54) is 12.1 Å². The monoisotopic (exact) mass is 236 g/mol. The van der Waals surface area contributed by atoms with Crippen LogP contribution in [0.5, 0.6) is 0 Å². The molecule has 2 aromatic rings. The molecular weight excluding hydrogens is 223 g/mol. The molecule has 0 spiro atoms. The fraction of sp³-hybridized carbons (Fsp3) is 0.250. The van der Waals surface area contributed by atoms with Gasteiger partial charge in [0.1, 0.15) is 5.82 Å². The Labute approximate surface area is 97.6 Å². The molecule has 0 aliphatic heterocycles. The van der Waals surface area contributed by atoms with Gasteiger partial charge in [-0.3, -0.25) is 0 Å². The second-order valence-corrected chi connectivity index (χ2v) is 3.84. The van der Waals surface area contributed by atoms with Crippen LogP contribution in [0.2, 0.25) is 0 Å². The van der Waals surface area contributed by atoms with Gasteiger partial charge in [-0.2, -0.15) is 0 Å². The minimum Gasteiger partial charge on any atom is -0.449 e. The van der Waals surface area contributed by atoms with Crippen molar-refractivity contribution < 1.29 is 13.9 Å². The highest BCUT2D eigenvalue weighted by Crippen LogP contribution is 2.23. The summed E-state index contributed by atoms with van der Waals surface area (Å²) < 4.78 is 17.8. The van der Waals surface area contributed by atoms with E-state index in [-0.39, 0.29) is 12.4 Å². The number of rotatable bonds is 3. The SMILES string of the molecule is Cc1[nH]c2ccc(F)cc2c1CCOC(N)=O. The Kier molecular flexibility index (Phi) is 2.99. The zero-order valence-corrected chi connectivity index (χ0v) is 9.42. The first kappa shape index (κ1) is 11.4. The van der Waals surface area contributed by atoms with Crippen molar-refractivity contribution >= 4 is 17.0 Å². The summed E-state index contributed by atoms with van der Waals surface area (Å²) in [6, 6.07) is 4.57. The molecule has 90 valence electrons. The van der Waals surface area contributed by atoms with Gasteiger partial charge in [-0.15, -0.1) is 0 Å². The summed E-state index contributed by atoms with van der Waals surface area (Å²) in [6.45, 7) is 2.09. The van der Waals surface area contributed by atoms with Gasteiger partial charge in [0.2, 0.25) is 0 Å². The van der Waals surface area contributed by atoms with Crippen LogP contribution < -0.4 is 5.73 Å². The Morgan fingerprint density at radius 1 is 1.53 bits per heavy atom. The molecule has 3 N–H and O–H groups in total. The van der Waals surface area contributed by atoms with E-state index in [4.69, 9.17) is 5.73 Å². The van der Waals surface area contributed by atoms with Crippen molar-refractivity contribution in [1.82, 2.24) is 4.98 Å². The van der Waals surface area contributed by atoms with Gasteiger partial charge >= 0.3 is 6.09 Å². The number of fused-ring (bicyclic) bond motifs is 1. The lowest BCUT2D eigenvalue weighted by Gasteiger charge is -2.02. The van der Waals surface area contributed by atoms with E-state index in [0.717, 1.165) is 22.2 Å². The highest BCUT2D eigenvalue weighted by Gasteiger charge is 2.09. The summed E-state index contributed by atoms with van der Waals surface area (Å²) in [5, 5.41) is 0.815. The molecule has 17 heavy (non-hydrogen) atoms. The zero-order valence-electron chi connectivity index (χ0n) is 9.42. The number of nitrogens with two attached hydrogens (primary N) is 1. The average Bonchev–Trinajstić information content (AvgIpc) is 2.55. The van der Waals surface area contributed by atoms with E-state index in [0.29, 0.717) is 6.42 Å². The molecule has 2 rings (SSSR count). The van der Waals surface area contributed by atoms with Crippen LogP contribution in [0.1, 0.15) is 11.3 Å². The largest absolute Gasteiger partial charge is 0.449 e. The summed E-state index contributed by atoms with van der Waals surface area (Å²) in [6.07, 6.45) is -0.285. The van der Waals surface area contributed by atoms with Crippen molar-refractivity contribution in [3.8, 4) is 0 Å². The number of carbonyl (C=O) groups excluding carboxylic acids is 1. The maximum Gasteiger partial charge on any atom is 0.404 e. The number of amides is 1. The van der Waals surface area contributed by atoms with E-state index in [2.05, 4.69) is 9.72 Å². The van der Waals surface area contributed by atoms with E-state index in [1.807, 2.05) is 6.92 Å². The van der Waals surface area contributed by atoms with E-state index in [9.17, 15) is 9.18 Å². The predicted molar refractivity (Wildman–Crippen MR) is 62.2 cm³/mol. The molecule has 0 saturated heterocycles. The first-order chi connectivity index (χ1) is 8.08. The Hall–Kier alpha value is -2.04. The van der Waals surface area contributed by atoms with Crippen molar-refractivity contribution in [2.45, 2.75) is 13.3 Å². The van der Waals surface area contributed by atoms with Crippen LogP contribution in [-0.2, 0) is 11.2 Å². The second-order valence-electron chi connectivity index (χ2n) is 3.84. The van der Waals surface area contributed by atoms with Gasteiger partial charge in [-0.25, -0.2) is 9.18 Å². The van der Waals surface area contributed by atoms with Crippen LogP contribution in [0.15, 0.2) is 18.2 Å². The van der Waals surface area contributed by atoms with Crippen molar-refractivity contribution in [2.75, 3.05) is 6.61 Å². The van der Waals surface area contributed by atoms with Crippen LogP contribution >= 0.6 is 0 Å². The third kappa shape index (κ3) is 2.38. The summed E-state index contributed by atoms with van der Waals surface area (Å²) in [7, 11) is 0. The maximum absolute atomic E-state index is 13.2. The molecule has 4 nitrogen and oxygen atoms in total. The summed E-state index contributed by atoms with van der Waals surface area (Å²) in [5.74, 6) is -0.284. The zero-order chi connectivity index (χ0) is 12.4. The normalized spacial score (nSPS) is 10.7. The molecule has 0 saturated carbocycles. The molecule has 0 aliphatic carbocycles. The van der Waals surface area contributed by atoms with Crippen molar-refractivity contribution in [3.63, 3.8) is 0 Å². The number of hydrogen-bond donors (Lipinski definition) is 2. The van der Waals surface area contributed by atoms with Gasteiger partial charge in [0.25, 0.3) is 0 Å². The molecule has 0 fully saturated rings. The number of halogens is 1. The molecule has 1 amide bonds. The standard InChI is InChI=1S/C12H13FN2O2/c1-7-9(4-5-17-12(14)16)10-6-8(13)2-3-11(10)15-7/h2-3,6,15H,4-5H2,1H3,(H2,14,16). The number of carbonyl (C=O) groups is 1. The van der Waals surface area contributed by atoms with E-state index < -0.39 is 6.09 Å². The van der Waals surface area contributed by atoms with Gasteiger partial charge in [-0.1, -0.05) is 0 Å². The van der Waals surface area contributed by atoms with Crippen LogP contribution in [0.3, 0.4) is 0 Å². The van der Waals surface area contributed by atoms with E-state index in [1.54, 1.807) is 6.07 Å². The number of benzene rings is 1. The van der Waals surface area contributed by atoms with Crippen molar-refractivity contribution in [2.24, 2.45) is 5.73 Å². The fourth-order valence-electron chi connectivity index (χ4n) is 1.93. The molecule has 0 atom stereocenters. The number of ether oxygens (including phenoxy) is 1. The fourth-order valence-corrected chi connectivity index (χ4v) is 1.93. The second kappa shape index (κ2) is 4.45. The number of primary amides is 1. The molecule has 1 aromatic heterocycles. The third-order valence-corrected chi connectivity index (χ3v) is 2.68. The lowest BCUT2D eigenvalue weighted by Crippen LogP contribution is -2.14. The summed E-state index contributed by atoms with van der Waals surface area (Å²) >= 11 is 0. The lowest BCUT2D eigenvalue weighted by molar-refractivity contribution is 0.158. The minimum atomic E-state index is -0.798. The molecule has 0 radical (unpaired) electrons. The molecule has 0 bridgehead atoms. The number of aryl methyl sites for hydroxylation is 1. The molecular formula is C12H13FN2O2. The van der Waals surface area contributed by atoms with Crippen molar-refractivity contribution in [1.29, 1.82) is 0 Å². The average molecular weight is 236 g/mol. The van der Waals surface area contributed by atoms with Crippen LogP contribution in [0.25, 0.3) is 10.9 Å². The quantitative estimate of drug-likeness (QED) is 0.858. The van der Waals surface area contributed by atoms with Gasteiger partial charge < -0.3 is 15.5 Å². The minimum absolute atomic E-state index is 0.194. The van der Waals surface area contributed by atoms with Gasteiger partial charge in [-0.05, 0) is 30.7 Å². The van der Waals surface area contributed by atoms with Gasteiger partial charge in [0, 0.05) is 23.0 Å². The first-order valence-corrected chi connectivity index (χ1v) is 5.27. The number of H-pyrrole nitrogens is 1. The Morgan fingerprint density at radius 3 is 3.00 bits per heavy atom. The molecule has 1 aromatic carbocycles. The van der Waals surface area contributed by atoms with E-state index >= 15 is 0 Å². The van der Waals surface area contributed by atoms with Crippen LogP contribution in [0, 0.1) is 12.7 Å². The molecule has 0 unspecified atom stereocenters. The Bertz CT molecular complexity index is 563. The first-order valence-electron chi connectivity index (χ1n) is 5.27. The third-order valence-electron chi connectivity index (χ3n) is 2.68. The van der Waals surface area contributed by atoms with Gasteiger partial charge in [0.15, 0.2) is 0 Å². The highest BCUT2D eigenvalue weighted by molar-refractivity contribution is 5.84. The summed E-state index contributed by atoms with van der Waals surface area (Å²) in [4.78, 5) is 13.6. The van der Waals surface area contributed by atoms with Crippen LogP contribution in [-0.4, -0.2) is 17.7 Å². The lowest BCUT2D eigenvalue weighted by atomic mass is 10.1. The van der Waals surface area contributed by atoms with Crippen molar-refractivity contribution in [3.05, 3.63) is 35.3 Å². The van der Waals surface area contributed by atoms with Crippen LogP contribution in [0.4, 0.5) is 9.18 Å². The Balaban J connectivity index is 2.28. The molecule has 5 heteroatoms. The number of aromatic amines is 1. The highest BCUT2D eigenvalue weighted by atomic mass is 19.1. The topological polar surface area (TPSA) is 68.1 Å². The number of aromatic nitrogens is 1. The maximum atomic E-state index is 13.2. The Morgan fingerprint density at radius 2 is 2.29 bits per heavy atom.